The van der Waals surface area contributed by atoms with Crippen molar-refractivity contribution in [3.05, 3.63) is 218 Å². The first-order valence-corrected chi connectivity index (χ1v) is 19.3. The molecule has 1 aliphatic rings. The molecule has 0 spiro atoms. The van der Waals surface area contributed by atoms with Gasteiger partial charge in [0.15, 0.2) is 0 Å². The van der Waals surface area contributed by atoms with Crippen LogP contribution in [0.4, 0.5) is 17.1 Å². The summed E-state index contributed by atoms with van der Waals surface area (Å²) in [5.74, 6) is 0. The summed E-state index contributed by atoms with van der Waals surface area (Å²) in [6.07, 6.45) is 0. The Labute approximate surface area is 326 Å². The predicted octanol–water partition coefficient (Wildman–Crippen LogP) is 14.9. The van der Waals surface area contributed by atoms with Gasteiger partial charge in [0.05, 0.1) is 22.4 Å². The van der Waals surface area contributed by atoms with Crippen molar-refractivity contribution in [3.8, 4) is 61.3 Å². The van der Waals surface area contributed by atoms with Crippen LogP contribution in [-0.2, 0) is 0 Å². The van der Waals surface area contributed by atoms with Crippen LogP contribution in [0, 0.1) is 0 Å². The molecule has 0 saturated heterocycles. The Bertz CT molecular complexity index is 2880. The normalized spacial score (nSPS) is 11.9. The molecule has 56 heavy (non-hydrogen) atoms. The van der Waals surface area contributed by atoms with Gasteiger partial charge in [0.1, 0.15) is 0 Å². The molecule has 0 fully saturated rings. The lowest BCUT2D eigenvalue weighted by molar-refractivity contribution is 1.18. The number of para-hydroxylation sites is 2. The fraction of sp³-hybridized carbons (Fsp3) is 0. The van der Waals surface area contributed by atoms with Crippen LogP contribution in [0.5, 0.6) is 0 Å². The molecule has 0 unspecified atom stereocenters. The maximum absolute atomic E-state index is 2.41. The number of rotatable bonds is 5. The molecule has 262 valence electrons. The molecule has 1 aliphatic heterocycles. The monoisotopic (exact) mass is 712 g/mol. The second-order valence-corrected chi connectivity index (χ2v) is 14.5. The smallest absolute Gasteiger partial charge is 0.0541 e. The highest BCUT2D eigenvalue weighted by atomic mass is 15.1. The summed E-state index contributed by atoms with van der Waals surface area (Å²) in [7, 11) is 0. The zero-order valence-corrected chi connectivity index (χ0v) is 30.7. The van der Waals surface area contributed by atoms with E-state index in [2.05, 4.69) is 228 Å². The second-order valence-electron chi connectivity index (χ2n) is 14.5. The van der Waals surface area contributed by atoms with Crippen LogP contribution < -0.4 is 4.90 Å². The molecule has 0 aliphatic carbocycles. The van der Waals surface area contributed by atoms with Crippen LogP contribution >= 0.6 is 0 Å². The largest absolute Gasteiger partial charge is 0.309 e. The summed E-state index contributed by atoms with van der Waals surface area (Å²) >= 11 is 0. The zero-order chi connectivity index (χ0) is 37.0. The van der Waals surface area contributed by atoms with E-state index in [1.54, 1.807) is 0 Å². The van der Waals surface area contributed by atoms with Crippen LogP contribution in [0.2, 0.25) is 0 Å². The summed E-state index contributed by atoms with van der Waals surface area (Å²) < 4.78 is 2.41. The molecule has 0 amide bonds. The number of benzene rings is 9. The molecule has 2 heteroatoms. The molecule has 0 atom stereocenters. The van der Waals surface area contributed by atoms with Gasteiger partial charge in [0.25, 0.3) is 0 Å². The van der Waals surface area contributed by atoms with Gasteiger partial charge in [-0.05, 0) is 105 Å². The first kappa shape index (κ1) is 32.0. The van der Waals surface area contributed by atoms with E-state index in [-0.39, 0.29) is 0 Å². The molecule has 2 nitrogen and oxygen atoms in total. The molecule has 0 bridgehead atoms. The van der Waals surface area contributed by atoms with Crippen molar-refractivity contribution in [1.29, 1.82) is 0 Å². The highest BCUT2D eigenvalue weighted by Crippen LogP contribution is 2.50. The fourth-order valence-corrected chi connectivity index (χ4v) is 8.68. The Hall–Kier alpha value is -7.42. The molecule has 1 aromatic heterocycles. The molecule has 0 radical (unpaired) electrons. The van der Waals surface area contributed by atoms with Gasteiger partial charge in [-0.2, -0.15) is 0 Å². The highest BCUT2D eigenvalue weighted by Gasteiger charge is 2.25. The van der Waals surface area contributed by atoms with Crippen molar-refractivity contribution in [1.82, 2.24) is 4.57 Å². The third kappa shape index (κ3) is 5.26. The van der Waals surface area contributed by atoms with Gasteiger partial charge < -0.3 is 9.47 Å². The number of anilines is 3. The Balaban J connectivity index is 0.983. The summed E-state index contributed by atoms with van der Waals surface area (Å²) in [6.45, 7) is 0. The number of nitrogens with zero attached hydrogens (tertiary/aromatic N) is 2. The third-order valence-electron chi connectivity index (χ3n) is 11.4. The van der Waals surface area contributed by atoms with Crippen LogP contribution in [0.15, 0.2) is 218 Å². The van der Waals surface area contributed by atoms with E-state index >= 15 is 0 Å². The number of hydrogen-bond donors (Lipinski definition) is 0. The summed E-state index contributed by atoms with van der Waals surface area (Å²) in [5.41, 5.74) is 19.3. The zero-order valence-electron chi connectivity index (χ0n) is 30.7. The quantitative estimate of drug-likeness (QED) is 0.172. The lowest BCUT2D eigenvalue weighted by Crippen LogP contribution is -2.10. The third-order valence-corrected chi connectivity index (χ3v) is 11.4. The van der Waals surface area contributed by atoms with Gasteiger partial charge in [-0.1, -0.05) is 158 Å². The molecule has 0 saturated carbocycles. The topological polar surface area (TPSA) is 8.17 Å². The molecular formula is C54H36N2. The first-order valence-electron chi connectivity index (χ1n) is 19.3. The van der Waals surface area contributed by atoms with Gasteiger partial charge in [-0.3, -0.25) is 0 Å². The van der Waals surface area contributed by atoms with Gasteiger partial charge in [0.2, 0.25) is 0 Å². The molecule has 0 N–H and O–H groups in total. The summed E-state index contributed by atoms with van der Waals surface area (Å²) in [4.78, 5) is 2.41. The SMILES string of the molecule is c1ccc(-c2ccc3c(c2)c2cc(-c4ccccc4)ccc2n3-c2ccc(-c3ccc(N4c5ccccc5-c5ccccc5-c5ccccc54)cc3)cc2)cc1. The Morgan fingerprint density at radius 1 is 0.250 bits per heavy atom. The molecule has 10 aromatic rings. The fourth-order valence-electron chi connectivity index (χ4n) is 8.68. The number of hydrogen-bond acceptors (Lipinski definition) is 1. The number of fused-ring (bicyclic) bond motifs is 8. The summed E-state index contributed by atoms with van der Waals surface area (Å²) in [5, 5.41) is 2.50. The maximum Gasteiger partial charge on any atom is 0.0541 e. The van der Waals surface area contributed by atoms with Gasteiger partial charge in [0, 0.05) is 33.3 Å². The average Bonchev–Trinajstić information content (AvgIpc) is 3.54. The van der Waals surface area contributed by atoms with Crippen LogP contribution in [-0.4, -0.2) is 4.57 Å². The van der Waals surface area contributed by atoms with Gasteiger partial charge >= 0.3 is 0 Å². The van der Waals surface area contributed by atoms with E-state index in [1.165, 1.54) is 88.8 Å². The van der Waals surface area contributed by atoms with Crippen LogP contribution in [0.3, 0.4) is 0 Å². The van der Waals surface area contributed by atoms with E-state index in [4.69, 9.17) is 0 Å². The molecular weight excluding hydrogens is 677 g/mol. The Morgan fingerprint density at radius 2 is 0.607 bits per heavy atom. The van der Waals surface area contributed by atoms with Crippen LogP contribution in [0.25, 0.3) is 83.1 Å². The first-order chi connectivity index (χ1) is 27.8. The van der Waals surface area contributed by atoms with Gasteiger partial charge in [-0.15, -0.1) is 0 Å². The Morgan fingerprint density at radius 3 is 1.07 bits per heavy atom. The highest BCUT2D eigenvalue weighted by molar-refractivity contribution is 6.11. The van der Waals surface area contributed by atoms with Crippen molar-refractivity contribution < 1.29 is 0 Å². The lowest BCUT2D eigenvalue weighted by Gasteiger charge is -2.27. The van der Waals surface area contributed by atoms with Crippen molar-refractivity contribution in [2.24, 2.45) is 0 Å². The van der Waals surface area contributed by atoms with E-state index in [1.807, 2.05) is 0 Å². The maximum atomic E-state index is 2.41. The molecule has 2 heterocycles. The predicted molar refractivity (Wildman–Crippen MR) is 236 cm³/mol. The van der Waals surface area contributed by atoms with Gasteiger partial charge in [-0.25, -0.2) is 0 Å². The van der Waals surface area contributed by atoms with E-state index < -0.39 is 0 Å². The minimum Gasteiger partial charge on any atom is -0.309 e. The minimum atomic E-state index is 1.13. The standard InChI is InChI=1S/C54H36N2/c1-3-13-37(14-4-1)41-27-33-53-49(35-41)50-36-42(38-15-5-2-6-16-38)28-34-54(50)56(53)44-31-25-40(26-32-44)39-23-29-43(30-24-39)55-51-21-11-9-19-47(51)45-17-7-8-18-46(45)48-20-10-12-22-52(48)55/h1-36H. The van der Waals surface area contributed by atoms with E-state index in [0.29, 0.717) is 0 Å². The minimum absolute atomic E-state index is 1.13. The van der Waals surface area contributed by atoms with E-state index in [0.717, 1.165) is 11.4 Å². The second kappa shape index (κ2) is 13.2. The number of aromatic nitrogens is 1. The van der Waals surface area contributed by atoms with Crippen molar-refractivity contribution in [3.63, 3.8) is 0 Å². The average molecular weight is 713 g/mol. The van der Waals surface area contributed by atoms with E-state index in [9.17, 15) is 0 Å². The molecule has 9 aromatic carbocycles. The molecule has 11 rings (SSSR count). The summed E-state index contributed by atoms with van der Waals surface area (Å²) in [6, 6.07) is 79.4. The van der Waals surface area contributed by atoms with Crippen molar-refractivity contribution in [2.45, 2.75) is 0 Å². The van der Waals surface area contributed by atoms with Crippen molar-refractivity contribution in [2.75, 3.05) is 4.90 Å². The Kier molecular flexibility index (Phi) is 7.53. The van der Waals surface area contributed by atoms with Crippen molar-refractivity contribution >= 4 is 38.9 Å². The lowest BCUT2D eigenvalue weighted by atomic mass is 9.95. The van der Waals surface area contributed by atoms with Crippen LogP contribution in [0.1, 0.15) is 0 Å².